The van der Waals surface area contributed by atoms with Gasteiger partial charge in [0, 0.05) is 33.2 Å². The molecule has 1 aromatic carbocycles. The third kappa shape index (κ3) is 5.75. The first kappa shape index (κ1) is 25.7. The molecule has 0 unspecified atom stereocenters. The fraction of sp³-hybridized carbons (Fsp3) is 0.500. The van der Waals surface area contributed by atoms with Crippen LogP contribution in [0.15, 0.2) is 29.2 Å². The van der Waals surface area contributed by atoms with Crippen molar-refractivity contribution in [2.24, 2.45) is 7.05 Å². The van der Waals surface area contributed by atoms with E-state index >= 15 is 0 Å². The van der Waals surface area contributed by atoms with E-state index in [1.165, 1.54) is 27.2 Å². The summed E-state index contributed by atoms with van der Waals surface area (Å²) in [5, 5.41) is 4.28. The first-order chi connectivity index (χ1) is 16.2. The lowest BCUT2D eigenvalue weighted by Gasteiger charge is -2.31. The highest BCUT2D eigenvalue weighted by Crippen LogP contribution is 2.25. The van der Waals surface area contributed by atoms with Crippen molar-refractivity contribution in [3.63, 3.8) is 0 Å². The number of nitrogens with one attached hydrogen (secondary N) is 2. The normalized spacial score (nSPS) is 15.2. The summed E-state index contributed by atoms with van der Waals surface area (Å²) in [6.07, 6.45) is 1.63. The minimum Gasteiger partial charge on any atom is -0.493 e. The molecule has 2 aromatic rings. The van der Waals surface area contributed by atoms with Crippen LogP contribution in [0.2, 0.25) is 0 Å². The van der Waals surface area contributed by atoms with Crippen molar-refractivity contribution in [3.05, 3.63) is 41.2 Å². The third-order valence-electron chi connectivity index (χ3n) is 5.55. The molecule has 1 saturated heterocycles. The Morgan fingerprint density at radius 2 is 1.71 bits per heavy atom. The van der Waals surface area contributed by atoms with Crippen molar-refractivity contribution in [1.82, 2.24) is 29.8 Å². The van der Waals surface area contributed by atoms with Gasteiger partial charge in [-0.25, -0.2) is 8.42 Å². The molecule has 0 atom stereocenters. The van der Waals surface area contributed by atoms with E-state index in [1.54, 1.807) is 20.0 Å². The minimum absolute atomic E-state index is 0.00664. The highest BCUT2D eigenvalue weighted by molar-refractivity contribution is 7.89. The summed E-state index contributed by atoms with van der Waals surface area (Å²) in [5.74, 6) is -1.01. The van der Waals surface area contributed by atoms with Crippen molar-refractivity contribution >= 4 is 21.8 Å². The fourth-order valence-electron chi connectivity index (χ4n) is 3.67. The van der Waals surface area contributed by atoms with Crippen LogP contribution >= 0.6 is 0 Å². The second-order valence-corrected chi connectivity index (χ2v) is 10.0. The molecule has 186 valence electrons. The molecule has 0 aliphatic carbocycles. The number of nitrogens with zero attached hydrogens (tertiary/aromatic N) is 4. The number of hydrazine groups is 1. The average molecular weight is 493 g/mol. The molecule has 0 saturated carbocycles. The number of hydrogen-bond acceptors (Lipinski definition) is 7. The summed E-state index contributed by atoms with van der Waals surface area (Å²) in [6, 6.07) is 5.84. The Hall–Kier alpha value is -2.96. The van der Waals surface area contributed by atoms with Gasteiger partial charge in [-0.2, -0.15) is 9.40 Å². The van der Waals surface area contributed by atoms with Crippen LogP contribution in [0.5, 0.6) is 5.75 Å². The molecular formula is C22H32N6O5S. The monoisotopic (exact) mass is 492 g/mol. The van der Waals surface area contributed by atoms with Crippen LogP contribution in [0.4, 0.5) is 0 Å². The number of aromatic nitrogens is 2. The molecule has 1 aliphatic heterocycles. The van der Waals surface area contributed by atoms with Gasteiger partial charge in [0.15, 0.2) is 0 Å². The predicted molar refractivity (Wildman–Crippen MR) is 126 cm³/mol. The maximum atomic E-state index is 13.1. The van der Waals surface area contributed by atoms with E-state index in [4.69, 9.17) is 4.74 Å². The molecule has 11 nitrogen and oxygen atoms in total. The van der Waals surface area contributed by atoms with E-state index in [-0.39, 0.29) is 22.8 Å². The standard InChI is InChI=1S/C22H32N6O5S/c1-5-7-16-14-19(27(4)25-16)22(30)24-23-21(29)18-15-17(8-9-20(18)33-6-2)34(31,32)28-12-10-26(3)11-13-28/h8-9,14-15H,5-7,10-13H2,1-4H3,(H,23,29)(H,24,30). The second kappa shape index (κ2) is 11.0. The van der Waals surface area contributed by atoms with E-state index in [0.717, 1.165) is 18.5 Å². The highest BCUT2D eigenvalue weighted by Gasteiger charge is 2.29. The van der Waals surface area contributed by atoms with Gasteiger partial charge in [0.25, 0.3) is 11.8 Å². The van der Waals surface area contributed by atoms with E-state index < -0.39 is 21.8 Å². The van der Waals surface area contributed by atoms with Crippen LogP contribution < -0.4 is 15.6 Å². The largest absolute Gasteiger partial charge is 0.493 e. The van der Waals surface area contributed by atoms with Gasteiger partial charge in [-0.1, -0.05) is 13.3 Å². The number of sulfonamides is 1. The lowest BCUT2D eigenvalue weighted by molar-refractivity contribution is 0.0839. The summed E-state index contributed by atoms with van der Waals surface area (Å²) in [5.41, 5.74) is 5.80. The number of carbonyl (C=O) groups excluding carboxylic acids is 2. The zero-order valence-electron chi connectivity index (χ0n) is 20.0. The van der Waals surface area contributed by atoms with Gasteiger partial charge in [-0.15, -0.1) is 0 Å². The quantitative estimate of drug-likeness (QED) is 0.522. The molecule has 12 heteroatoms. The summed E-state index contributed by atoms with van der Waals surface area (Å²) in [7, 11) is -0.197. The van der Waals surface area contributed by atoms with Crippen LogP contribution in [0.25, 0.3) is 0 Å². The third-order valence-corrected chi connectivity index (χ3v) is 7.45. The van der Waals surface area contributed by atoms with Gasteiger partial charge >= 0.3 is 0 Å². The van der Waals surface area contributed by atoms with Crippen molar-refractivity contribution in [2.45, 2.75) is 31.6 Å². The summed E-state index contributed by atoms with van der Waals surface area (Å²) >= 11 is 0. The zero-order valence-corrected chi connectivity index (χ0v) is 20.8. The SMILES string of the molecule is CCCc1cc(C(=O)NNC(=O)c2cc(S(=O)(=O)N3CCN(C)CC3)ccc2OCC)n(C)n1. The highest BCUT2D eigenvalue weighted by atomic mass is 32.2. The molecule has 0 radical (unpaired) electrons. The molecule has 2 heterocycles. The van der Waals surface area contributed by atoms with Crippen LogP contribution in [0.1, 0.15) is 46.8 Å². The first-order valence-electron chi connectivity index (χ1n) is 11.3. The van der Waals surface area contributed by atoms with Crippen LogP contribution in [-0.2, 0) is 23.5 Å². The lowest BCUT2D eigenvalue weighted by atomic mass is 10.2. The molecule has 2 amide bonds. The smallest absolute Gasteiger partial charge is 0.287 e. The molecule has 0 spiro atoms. The Morgan fingerprint density at radius 3 is 2.35 bits per heavy atom. The van der Waals surface area contributed by atoms with Crippen LogP contribution in [-0.4, -0.2) is 79.1 Å². The predicted octanol–water partition coefficient (Wildman–Crippen LogP) is 0.782. The van der Waals surface area contributed by atoms with E-state index in [0.29, 0.717) is 31.9 Å². The van der Waals surface area contributed by atoms with Crippen molar-refractivity contribution < 1.29 is 22.7 Å². The molecular weight excluding hydrogens is 460 g/mol. The van der Waals surface area contributed by atoms with Gasteiger partial charge < -0.3 is 9.64 Å². The zero-order chi connectivity index (χ0) is 24.9. The van der Waals surface area contributed by atoms with E-state index in [9.17, 15) is 18.0 Å². The number of ether oxygens (including phenoxy) is 1. The molecule has 2 N–H and O–H groups in total. The number of benzene rings is 1. The van der Waals surface area contributed by atoms with Crippen LogP contribution in [0.3, 0.4) is 0 Å². The van der Waals surface area contributed by atoms with Crippen LogP contribution in [0, 0.1) is 0 Å². The molecule has 3 rings (SSSR count). The lowest BCUT2D eigenvalue weighted by Crippen LogP contribution is -2.47. The number of rotatable bonds is 8. The van der Waals surface area contributed by atoms with Gasteiger partial charge in [0.1, 0.15) is 11.4 Å². The number of amides is 2. The second-order valence-electron chi connectivity index (χ2n) is 8.10. The number of aryl methyl sites for hydroxylation is 2. The molecule has 1 fully saturated rings. The minimum atomic E-state index is -3.78. The summed E-state index contributed by atoms with van der Waals surface area (Å²) < 4.78 is 34.6. The number of piperazine rings is 1. The summed E-state index contributed by atoms with van der Waals surface area (Å²) in [6.45, 7) is 6.06. The molecule has 0 bridgehead atoms. The van der Waals surface area contributed by atoms with Gasteiger partial charge in [0.2, 0.25) is 10.0 Å². The number of carbonyl (C=O) groups is 2. The fourth-order valence-corrected chi connectivity index (χ4v) is 5.12. The Bertz CT molecular complexity index is 1140. The topological polar surface area (TPSA) is 126 Å². The van der Waals surface area contributed by atoms with E-state index in [2.05, 4.69) is 20.9 Å². The van der Waals surface area contributed by atoms with Gasteiger partial charge in [-0.3, -0.25) is 25.1 Å². The Balaban J connectivity index is 1.79. The van der Waals surface area contributed by atoms with Crippen molar-refractivity contribution in [3.8, 4) is 5.75 Å². The van der Waals surface area contributed by atoms with Gasteiger partial charge in [-0.05, 0) is 44.7 Å². The molecule has 34 heavy (non-hydrogen) atoms. The van der Waals surface area contributed by atoms with E-state index in [1.807, 2.05) is 14.0 Å². The average Bonchev–Trinajstić information content (AvgIpc) is 3.18. The Morgan fingerprint density at radius 1 is 1.03 bits per heavy atom. The number of hydrogen-bond donors (Lipinski definition) is 2. The number of likely N-dealkylation sites (N-methyl/N-ethyl adjacent to an activating group) is 1. The first-order valence-corrected chi connectivity index (χ1v) is 12.7. The Labute approximate surface area is 200 Å². The van der Waals surface area contributed by atoms with Crippen molar-refractivity contribution in [1.29, 1.82) is 0 Å². The maximum absolute atomic E-state index is 13.1. The molecule has 1 aromatic heterocycles. The molecule has 1 aliphatic rings. The summed E-state index contributed by atoms with van der Waals surface area (Å²) in [4.78, 5) is 27.5. The van der Waals surface area contributed by atoms with Gasteiger partial charge in [0.05, 0.1) is 22.8 Å². The Kier molecular flexibility index (Phi) is 8.28. The van der Waals surface area contributed by atoms with Crippen molar-refractivity contribution in [2.75, 3.05) is 39.8 Å². The maximum Gasteiger partial charge on any atom is 0.287 e.